The van der Waals surface area contributed by atoms with Crippen molar-refractivity contribution in [2.24, 2.45) is 0 Å². The quantitative estimate of drug-likeness (QED) is 0.173. The minimum atomic E-state index is 0.322. The zero-order chi connectivity index (χ0) is 33.0. The summed E-state index contributed by atoms with van der Waals surface area (Å²) in [6, 6.07) is 67.4. The van der Waals surface area contributed by atoms with Crippen LogP contribution in [0.4, 0.5) is 22.7 Å². The lowest BCUT2D eigenvalue weighted by molar-refractivity contribution is 0.675. The summed E-state index contributed by atoms with van der Waals surface area (Å²) in [6.45, 7) is 0. The smallest absolute Gasteiger partial charge is 0.0694 e. The topological polar surface area (TPSA) is 6.48 Å². The van der Waals surface area contributed by atoms with E-state index in [1.807, 2.05) is 0 Å². The first-order chi connectivity index (χ1) is 24.8. The maximum Gasteiger partial charge on any atom is 0.0694 e. The summed E-state index contributed by atoms with van der Waals surface area (Å²) in [5.41, 5.74) is 12.5. The summed E-state index contributed by atoms with van der Waals surface area (Å²) in [7, 11) is 0. The summed E-state index contributed by atoms with van der Waals surface area (Å²) in [5.74, 6) is 0. The van der Waals surface area contributed by atoms with Crippen LogP contribution in [0, 0.1) is 0 Å². The van der Waals surface area contributed by atoms with Gasteiger partial charge in [-0.1, -0.05) is 127 Å². The zero-order valence-electron chi connectivity index (χ0n) is 27.3. The SMILES string of the molecule is c1ccc(-c2ccc(N(c3cccc(-c4ccccc4)c3)c3cccc(N4C5c6ccccc6SC5C5Sc6ccccc6C54)c3)cc2)cc1. The Hall–Kier alpha value is -5.16. The van der Waals surface area contributed by atoms with E-state index in [1.165, 1.54) is 48.9 Å². The molecule has 3 aliphatic rings. The molecule has 1 saturated heterocycles. The summed E-state index contributed by atoms with van der Waals surface area (Å²) in [6.07, 6.45) is 0. The van der Waals surface area contributed by atoms with Gasteiger partial charge in [0.05, 0.1) is 12.1 Å². The normalized spacial score (nSPS) is 19.8. The molecule has 4 unspecified atom stereocenters. The predicted octanol–water partition coefficient (Wildman–Crippen LogP) is 12.7. The Morgan fingerprint density at radius 2 is 0.860 bits per heavy atom. The molecule has 240 valence electrons. The van der Waals surface area contributed by atoms with Crippen molar-refractivity contribution in [2.75, 3.05) is 9.80 Å². The van der Waals surface area contributed by atoms with Gasteiger partial charge in [-0.15, -0.1) is 23.5 Å². The van der Waals surface area contributed by atoms with Crippen LogP contribution in [0.1, 0.15) is 23.2 Å². The molecule has 10 rings (SSSR count). The van der Waals surface area contributed by atoms with Crippen LogP contribution >= 0.6 is 23.5 Å². The molecular formula is C46H34N2S2. The average Bonchev–Trinajstić information content (AvgIpc) is 3.85. The van der Waals surface area contributed by atoms with Crippen LogP contribution in [-0.2, 0) is 0 Å². The Kier molecular flexibility index (Phi) is 7.32. The number of thioether (sulfide) groups is 2. The van der Waals surface area contributed by atoms with Crippen LogP contribution in [0.5, 0.6) is 0 Å². The predicted molar refractivity (Wildman–Crippen MR) is 212 cm³/mol. The van der Waals surface area contributed by atoms with Gasteiger partial charge in [-0.3, -0.25) is 0 Å². The zero-order valence-corrected chi connectivity index (χ0v) is 29.0. The van der Waals surface area contributed by atoms with E-state index in [1.54, 1.807) is 0 Å². The highest BCUT2D eigenvalue weighted by atomic mass is 32.2. The summed E-state index contributed by atoms with van der Waals surface area (Å²) >= 11 is 4.17. The Labute approximate surface area is 302 Å². The van der Waals surface area contributed by atoms with Gasteiger partial charge in [-0.05, 0) is 88.0 Å². The highest BCUT2D eigenvalue weighted by Crippen LogP contribution is 2.66. The number of benzene rings is 7. The molecule has 2 nitrogen and oxygen atoms in total. The van der Waals surface area contributed by atoms with Crippen LogP contribution in [0.3, 0.4) is 0 Å². The van der Waals surface area contributed by atoms with E-state index in [0.717, 1.165) is 17.1 Å². The molecule has 0 aliphatic carbocycles. The first-order valence-corrected chi connectivity index (χ1v) is 19.1. The molecule has 7 aromatic carbocycles. The fourth-order valence-corrected chi connectivity index (χ4v) is 11.4. The minimum absolute atomic E-state index is 0.322. The molecular weight excluding hydrogens is 645 g/mol. The van der Waals surface area contributed by atoms with Gasteiger partial charge in [-0.25, -0.2) is 0 Å². The fraction of sp³-hybridized carbons (Fsp3) is 0.0870. The second kappa shape index (κ2) is 12.3. The lowest BCUT2D eigenvalue weighted by Gasteiger charge is -2.34. The number of rotatable bonds is 6. The van der Waals surface area contributed by atoms with E-state index in [-0.39, 0.29) is 0 Å². The number of hydrogen-bond acceptors (Lipinski definition) is 4. The summed E-state index contributed by atoms with van der Waals surface area (Å²) in [5, 5.41) is 0.977. The monoisotopic (exact) mass is 678 g/mol. The molecule has 3 aliphatic heterocycles. The second-order valence-corrected chi connectivity index (χ2v) is 15.7. The van der Waals surface area contributed by atoms with E-state index in [9.17, 15) is 0 Å². The van der Waals surface area contributed by atoms with Crippen molar-refractivity contribution in [1.82, 2.24) is 0 Å². The van der Waals surface area contributed by atoms with Gasteiger partial charge >= 0.3 is 0 Å². The largest absolute Gasteiger partial charge is 0.355 e. The Morgan fingerprint density at radius 1 is 0.380 bits per heavy atom. The van der Waals surface area contributed by atoms with Gasteiger partial charge in [0.1, 0.15) is 0 Å². The Bertz CT molecular complexity index is 2260. The molecule has 4 atom stereocenters. The number of hydrogen-bond donors (Lipinski definition) is 0. The van der Waals surface area contributed by atoms with Gasteiger partial charge in [0.15, 0.2) is 0 Å². The fourth-order valence-electron chi connectivity index (χ4n) is 8.17. The summed E-state index contributed by atoms with van der Waals surface area (Å²) in [4.78, 5) is 8.03. The van der Waals surface area contributed by atoms with Crippen molar-refractivity contribution in [3.8, 4) is 22.3 Å². The molecule has 0 N–H and O–H groups in total. The van der Waals surface area contributed by atoms with Crippen LogP contribution in [0.2, 0.25) is 0 Å². The van der Waals surface area contributed by atoms with Crippen LogP contribution in [-0.4, -0.2) is 10.5 Å². The maximum absolute atomic E-state index is 2.76. The van der Waals surface area contributed by atoms with Gasteiger partial charge in [0.2, 0.25) is 0 Å². The van der Waals surface area contributed by atoms with Crippen molar-refractivity contribution >= 4 is 46.3 Å². The van der Waals surface area contributed by atoms with Gasteiger partial charge in [0.25, 0.3) is 0 Å². The second-order valence-electron chi connectivity index (χ2n) is 13.2. The summed E-state index contributed by atoms with van der Waals surface area (Å²) < 4.78 is 0. The highest BCUT2D eigenvalue weighted by molar-refractivity contribution is 8.04. The van der Waals surface area contributed by atoms with Crippen molar-refractivity contribution < 1.29 is 0 Å². The molecule has 1 fully saturated rings. The third kappa shape index (κ3) is 4.97. The maximum atomic E-state index is 2.76. The van der Waals surface area contributed by atoms with Crippen molar-refractivity contribution in [2.45, 2.75) is 32.4 Å². The third-order valence-corrected chi connectivity index (χ3v) is 13.4. The van der Waals surface area contributed by atoms with E-state index in [4.69, 9.17) is 0 Å². The molecule has 50 heavy (non-hydrogen) atoms. The Morgan fingerprint density at radius 3 is 1.48 bits per heavy atom. The highest BCUT2D eigenvalue weighted by Gasteiger charge is 2.57. The molecule has 4 heteroatoms. The first-order valence-electron chi connectivity index (χ1n) is 17.3. The lowest BCUT2D eigenvalue weighted by atomic mass is 10.0. The molecule has 0 amide bonds. The van der Waals surface area contributed by atoms with E-state index in [0.29, 0.717) is 22.6 Å². The molecule has 3 heterocycles. The van der Waals surface area contributed by atoms with E-state index in [2.05, 4.69) is 215 Å². The lowest BCUT2D eigenvalue weighted by Crippen LogP contribution is -2.27. The van der Waals surface area contributed by atoms with Crippen LogP contribution < -0.4 is 9.80 Å². The third-order valence-electron chi connectivity index (χ3n) is 10.4. The number of fused-ring (bicyclic) bond motifs is 7. The number of anilines is 4. The molecule has 0 saturated carbocycles. The van der Waals surface area contributed by atoms with Gasteiger partial charge in [0, 0.05) is 43.0 Å². The average molecular weight is 679 g/mol. The molecule has 0 bridgehead atoms. The minimum Gasteiger partial charge on any atom is -0.355 e. The van der Waals surface area contributed by atoms with Crippen LogP contribution in [0.25, 0.3) is 22.3 Å². The van der Waals surface area contributed by atoms with Gasteiger partial charge in [-0.2, -0.15) is 0 Å². The number of nitrogens with zero attached hydrogens (tertiary/aromatic N) is 2. The molecule has 0 spiro atoms. The van der Waals surface area contributed by atoms with E-state index < -0.39 is 0 Å². The standard InChI is InChI=1S/C46H34N2S2/c1-3-13-31(14-4-1)33-25-27-35(28-26-33)47(36-18-11-17-34(29-36)32-15-5-2-6-16-32)37-19-12-20-38(30-37)48-43-39-21-7-9-23-41(39)49-45(43)46-44(48)40-22-8-10-24-42(40)50-46/h1-30,43-46H. The molecule has 0 aromatic heterocycles. The van der Waals surface area contributed by atoms with E-state index >= 15 is 0 Å². The van der Waals surface area contributed by atoms with Crippen molar-refractivity contribution in [1.29, 1.82) is 0 Å². The van der Waals surface area contributed by atoms with Crippen LogP contribution in [0.15, 0.2) is 192 Å². The van der Waals surface area contributed by atoms with Gasteiger partial charge < -0.3 is 9.80 Å². The molecule has 7 aromatic rings. The van der Waals surface area contributed by atoms with Crippen molar-refractivity contribution in [3.63, 3.8) is 0 Å². The van der Waals surface area contributed by atoms with Crippen molar-refractivity contribution in [3.05, 3.63) is 193 Å². The Balaban J connectivity index is 1.11. The first kappa shape index (κ1) is 29.7. The molecule has 0 radical (unpaired) electrons.